The van der Waals surface area contributed by atoms with Gasteiger partial charge in [-0.25, -0.2) is 0 Å². The van der Waals surface area contributed by atoms with E-state index < -0.39 is 6.10 Å². The second-order valence-electron chi connectivity index (χ2n) is 4.47. The van der Waals surface area contributed by atoms with Gasteiger partial charge in [-0.2, -0.15) is 0 Å². The molecule has 0 amide bonds. The summed E-state index contributed by atoms with van der Waals surface area (Å²) in [6.45, 7) is 4.53. The van der Waals surface area contributed by atoms with Crippen molar-refractivity contribution in [3.63, 3.8) is 0 Å². The molecule has 0 saturated carbocycles. The van der Waals surface area contributed by atoms with Crippen LogP contribution < -0.4 is 4.74 Å². The summed E-state index contributed by atoms with van der Waals surface area (Å²) in [6, 6.07) is 13.1. The van der Waals surface area contributed by atoms with E-state index in [2.05, 4.69) is 0 Å². The molecule has 0 radical (unpaired) electrons. The molecule has 2 aromatic carbocycles. The Balaban J connectivity index is 2.25. The van der Waals surface area contributed by atoms with Crippen molar-refractivity contribution < 1.29 is 9.84 Å². The molecule has 100 valence electrons. The van der Waals surface area contributed by atoms with Gasteiger partial charge >= 0.3 is 0 Å². The van der Waals surface area contributed by atoms with E-state index in [1.54, 1.807) is 6.07 Å². The van der Waals surface area contributed by atoms with Gasteiger partial charge < -0.3 is 9.84 Å². The Labute approximate surface area is 118 Å². The van der Waals surface area contributed by atoms with Crippen molar-refractivity contribution in [3.05, 3.63) is 64.2 Å². The number of aryl methyl sites for hydroxylation is 1. The van der Waals surface area contributed by atoms with Crippen molar-refractivity contribution in [3.8, 4) is 5.75 Å². The molecule has 2 nitrogen and oxygen atoms in total. The number of aliphatic hydroxyl groups excluding tert-OH is 1. The number of halogens is 1. The summed E-state index contributed by atoms with van der Waals surface area (Å²) < 4.78 is 5.38. The lowest BCUT2D eigenvalue weighted by molar-refractivity contribution is 0.220. The van der Waals surface area contributed by atoms with E-state index in [0.717, 1.165) is 22.4 Å². The summed E-state index contributed by atoms with van der Waals surface area (Å²) in [5.41, 5.74) is 2.66. The SMILES string of the molecule is CCOc1ccc(C(O)c2cc(C)cc(Cl)c2)cc1. The van der Waals surface area contributed by atoms with Crippen LogP contribution in [0.25, 0.3) is 0 Å². The van der Waals surface area contributed by atoms with Crippen LogP contribution in [0, 0.1) is 6.92 Å². The highest BCUT2D eigenvalue weighted by Crippen LogP contribution is 2.27. The molecule has 0 aliphatic rings. The van der Waals surface area contributed by atoms with E-state index >= 15 is 0 Å². The van der Waals surface area contributed by atoms with Crippen LogP contribution in [0.2, 0.25) is 5.02 Å². The third kappa shape index (κ3) is 3.49. The molecule has 0 aliphatic heterocycles. The highest BCUT2D eigenvalue weighted by Gasteiger charge is 2.11. The minimum atomic E-state index is -0.673. The number of aliphatic hydroxyl groups is 1. The number of benzene rings is 2. The van der Waals surface area contributed by atoms with Crippen LogP contribution in [0.5, 0.6) is 5.75 Å². The largest absolute Gasteiger partial charge is 0.494 e. The minimum absolute atomic E-state index is 0.634. The summed E-state index contributed by atoms with van der Waals surface area (Å²) in [6.07, 6.45) is -0.673. The van der Waals surface area contributed by atoms with Gasteiger partial charge in [0.25, 0.3) is 0 Å². The lowest BCUT2D eigenvalue weighted by atomic mass is 10.00. The van der Waals surface area contributed by atoms with Gasteiger partial charge in [0.1, 0.15) is 11.9 Å². The number of rotatable bonds is 4. The summed E-state index contributed by atoms with van der Waals surface area (Å²) in [5, 5.41) is 11.0. The van der Waals surface area contributed by atoms with E-state index in [-0.39, 0.29) is 0 Å². The first kappa shape index (κ1) is 13.9. The molecule has 2 rings (SSSR count). The summed E-state index contributed by atoms with van der Waals surface area (Å²) in [5.74, 6) is 0.806. The van der Waals surface area contributed by atoms with Gasteiger partial charge in [0.2, 0.25) is 0 Å². The Hall–Kier alpha value is -1.51. The predicted molar refractivity (Wildman–Crippen MR) is 77.9 cm³/mol. The summed E-state index contributed by atoms with van der Waals surface area (Å²) in [4.78, 5) is 0. The number of hydrogen-bond donors (Lipinski definition) is 1. The average molecular weight is 277 g/mol. The molecule has 1 N–H and O–H groups in total. The first-order valence-corrected chi connectivity index (χ1v) is 6.66. The molecule has 1 unspecified atom stereocenters. The van der Waals surface area contributed by atoms with E-state index in [1.165, 1.54) is 0 Å². The van der Waals surface area contributed by atoms with Crippen LogP contribution >= 0.6 is 11.6 Å². The second-order valence-corrected chi connectivity index (χ2v) is 4.90. The molecule has 3 heteroatoms. The smallest absolute Gasteiger partial charge is 0.119 e. The van der Waals surface area contributed by atoms with Crippen molar-refractivity contribution in [2.75, 3.05) is 6.61 Å². The third-order valence-corrected chi connectivity index (χ3v) is 3.11. The standard InChI is InChI=1S/C16H17ClO2/c1-3-19-15-6-4-12(5-7-15)16(18)13-8-11(2)9-14(17)10-13/h4-10,16,18H,3H2,1-2H3. The molecule has 0 spiro atoms. The zero-order valence-electron chi connectivity index (χ0n) is 11.1. The van der Waals surface area contributed by atoms with Gasteiger partial charge in [0.05, 0.1) is 6.61 Å². The maximum Gasteiger partial charge on any atom is 0.119 e. The molecule has 0 aliphatic carbocycles. The zero-order valence-corrected chi connectivity index (χ0v) is 11.8. The Morgan fingerprint density at radius 2 is 1.79 bits per heavy atom. The first-order chi connectivity index (χ1) is 9.10. The van der Waals surface area contributed by atoms with Crippen molar-refractivity contribution in [1.29, 1.82) is 0 Å². The number of hydrogen-bond acceptors (Lipinski definition) is 2. The highest BCUT2D eigenvalue weighted by atomic mass is 35.5. The van der Waals surface area contributed by atoms with Gasteiger partial charge in [0.15, 0.2) is 0 Å². The van der Waals surface area contributed by atoms with Crippen LogP contribution in [0.4, 0.5) is 0 Å². The zero-order chi connectivity index (χ0) is 13.8. The summed E-state index contributed by atoms with van der Waals surface area (Å²) in [7, 11) is 0. The Bertz CT molecular complexity index is 529. The Morgan fingerprint density at radius 1 is 1.11 bits per heavy atom. The van der Waals surface area contributed by atoms with Gasteiger partial charge in [-0.15, -0.1) is 0 Å². The third-order valence-electron chi connectivity index (χ3n) is 2.89. The predicted octanol–water partition coefficient (Wildman–Crippen LogP) is 4.13. The maximum absolute atomic E-state index is 10.4. The first-order valence-electron chi connectivity index (χ1n) is 6.28. The summed E-state index contributed by atoms with van der Waals surface area (Å²) >= 11 is 6.02. The fourth-order valence-corrected chi connectivity index (χ4v) is 2.33. The molecular weight excluding hydrogens is 260 g/mol. The Kier molecular flexibility index (Phi) is 4.46. The molecule has 19 heavy (non-hydrogen) atoms. The van der Waals surface area contributed by atoms with Crippen LogP contribution in [0.1, 0.15) is 29.7 Å². The normalized spacial score (nSPS) is 12.2. The molecule has 2 aromatic rings. The quantitative estimate of drug-likeness (QED) is 0.910. The molecule has 0 heterocycles. The van der Waals surface area contributed by atoms with Crippen LogP contribution in [-0.4, -0.2) is 11.7 Å². The molecule has 0 aromatic heterocycles. The Morgan fingerprint density at radius 3 is 2.37 bits per heavy atom. The fraction of sp³-hybridized carbons (Fsp3) is 0.250. The van der Waals surface area contributed by atoms with E-state index in [4.69, 9.17) is 16.3 Å². The van der Waals surface area contributed by atoms with Crippen LogP contribution in [0.3, 0.4) is 0 Å². The van der Waals surface area contributed by atoms with Crippen molar-refractivity contribution in [2.45, 2.75) is 20.0 Å². The van der Waals surface area contributed by atoms with Gasteiger partial charge in [-0.3, -0.25) is 0 Å². The highest BCUT2D eigenvalue weighted by molar-refractivity contribution is 6.30. The van der Waals surface area contributed by atoms with Crippen LogP contribution in [-0.2, 0) is 0 Å². The maximum atomic E-state index is 10.4. The van der Waals surface area contributed by atoms with Gasteiger partial charge in [0, 0.05) is 5.02 Å². The topological polar surface area (TPSA) is 29.5 Å². The lowest BCUT2D eigenvalue weighted by Crippen LogP contribution is -2.00. The molecule has 1 atom stereocenters. The van der Waals surface area contributed by atoms with E-state index in [0.29, 0.717) is 11.6 Å². The second kappa shape index (κ2) is 6.09. The van der Waals surface area contributed by atoms with Gasteiger partial charge in [-0.05, 0) is 54.8 Å². The van der Waals surface area contributed by atoms with Gasteiger partial charge in [-0.1, -0.05) is 29.8 Å². The fourth-order valence-electron chi connectivity index (χ4n) is 2.03. The molecule has 0 saturated heterocycles. The number of ether oxygens (including phenoxy) is 1. The molecule has 0 fully saturated rings. The molecular formula is C16H17ClO2. The van der Waals surface area contributed by atoms with Crippen molar-refractivity contribution >= 4 is 11.6 Å². The molecule has 0 bridgehead atoms. The van der Waals surface area contributed by atoms with Crippen molar-refractivity contribution in [2.24, 2.45) is 0 Å². The van der Waals surface area contributed by atoms with Crippen LogP contribution in [0.15, 0.2) is 42.5 Å². The monoisotopic (exact) mass is 276 g/mol. The van der Waals surface area contributed by atoms with E-state index in [1.807, 2.05) is 50.2 Å². The van der Waals surface area contributed by atoms with E-state index in [9.17, 15) is 5.11 Å². The minimum Gasteiger partial charge on any atom is -0.494 e. The lowest BCUT2D eigenvalue weighted by Gasteiger charge is -2.13. The van der Waals surface area contributed by atoms with Crippen molar-refractivity contribution in [1.82, 2.24) is 0 Å². The average Bonchev–Trinajstić information content (AvgIpc) is 2.38.